The average molecular weight is 347 g/mol. The highest BCUT2D eigenvalue weighted by atomic mass is 32.2. The van der Waals surface area contributed by atoms with Crippen LogP contribution in [0.3, 0.4) is 0 Å². The summed E-state index contributed by atoms with van der Waals surface area (Å²) < 4.78 is 0. The van der Waals surface area contributed by atoms with Crippen LogP contribution in [-0.2, 0) is 0 Å². The van der Waals surface area contributed by atoms with Gasteiger partial charge in [-0.1, -0.05) is 18.2 Å². The van der Waals surface area contributed by atoms with E-state index in [1.54, 1.807) is 6.33 Å². The SMILES string of the molecule is CSC1CCN(c2cc(NCC(O)C3=CCCC=C3)ncn2)CC1. The minimum Gasteiger partial charge on any atom is -0.387 e. The summed E-state index contributed by atoms with van der Waals surface area (Å²) in [6.07, 6.45) is 14.0. The number of aliphatic hydroxyl groups is 1. The van der Waals surface area contributed by atoms with Crippen LogP contribution in [0.15, 0.2) is 36.2 Å². The van der Waals surface area contributed by atoms with Crippen molar-refractivity contribution in [1.82, 2.24) is 9.97 Å². The van der Waals surface area contributed by atoms with Crippen LogP contribution in [0, 0.1) is 0 Å². The lowest BCUT2D eigenvalue weighted by Gasteiger charge is -2.32. The Bertz CT molecular complexity index is 596. The zero-order chi connectivity index (χ0) is 16.8. The van der Waals surface area contributed by atoms with Gasteiger partial charge in [-0.3, -0.25) is 0 Å². The van der Waals surface area contributed by atoms with Crippen molar-refractivity contribution < 1.29 is 5.11 Å². The van der Waals surface area contributed by atoms with Crippen LogP contribution in [-0.4, -0.2) is 52.3 Å². The van der Waals surface area contributed by atoms with Gasteiger partial charge in [0, 0.05) is 31.0 Å². The van der Waals surface area contributed by atoms with Crippen LogP contribution >= 0.6 is 11.8 Å². The van der Waals surface area contributed by atoms with Gasteiger partial charge in [0.2, 0.25) is 0 Å². The minimum absolute atomic E-state index is 0.459. The number of thioether (sulfide) groups is 1. The number of aliphatic hydroxyl groups excluding tert-OH is 1. The van der Waals surface area contributed by atoms with E-state index in [1.165, 1.54) is 12.8 Å². The largest absolute Gasteiger partial charge is 0.387 e. The molecular formula is C18H26N4OS. The van der Waals surface area contributed by atoms with Gasteiger partial charge >= 0.3 is 0 Å². The van der Waals surface area contributed by atoms with E-state index < -0.39 is 6.10 Å². The maximum atomic E-state index is 10.3. The van der Waals surface area contributed by atoms with E-state index in [9.17, 15) is 5.11 Å². The number of hydrogen-bond donors (Lipinski definition) is 2. The number of rotatable bonds is 6. The second kappa shape index (κ2) is 8.53. The third kappa shape index (κ3) is 4.51. The van der Waals surface area contributed by atoms with Crippen LogP contribution in [0.25, 0.3) is 0 Å². The molecule has 3 rings (SSSR count). The molecule has 2 heterocycles. The molecular weight excluding hydrogens is 320 g/mol. The van der Waals surface area contributed by atoms with Crippen molar-refractivity contribution in [3.63, 3.8) is 0 Å². The van der Waals surface area contributed by atoms with Gasteiger partial charge in [-0.2, -0.15) is 11.8 Å². The van der Waals surface area contributed by atoms with Gasteiger partial charge in [-0.05, 0) is 37.5 Å². The first kappa shape index (κ1) is 17.3. The maximum absolute atomic E-state index is 10.3. The Balaban J connectivity index is 1.55. The fraction of sp³-hybridized carbons (Fsp3) is 0.556. The zero-order valence-electron chi connectivity index (χ0n) is 14.2. The molecule has 1 aliphatic heterocycles. The van der Waals surface area contributed by atoms with Gasteiger partial charge < -0.3 is 15.3 Å². The summed E-state index contributed by atoms with van der Waals surface area (Å²) in [5, 5.41) is 14.3. The molecule has 5 nitrogen and oxygen atoms in total. The molecule has 1 fully saturated rings. The quantitative estimate of drug-likeness (QED) is 0.826. The fourth-order valence-electron chi connectivity index (χ4n) is 3.14. The normalized spacial score (nSPS) is 19.9. The van der Waals surface area contributed by atoms with E-state index in [0.717, 1.165) is 48.4 Å². The standard InChI is InChI=1S/C18H26N4OS/c1-24-15-7-9-22(10-8-15)18-11-17(20-13-21-18)19-12-16(23)14-5-3-2-4-6-14/h3,5-6,11,13,15-16,23H,2,4,7-10,12H2,1H3,(H,19,20,21). The molecule has 1 saturated heterocycles. The smallest absolute Gasteiger partial charge is 0.134 e. The van der Waals surface area contributed by atoms with Crippen LogP contribution in [0.1, 0.15) is 25.7 Å². The molecule has 1 aromatic heterocycles. The van der Waals surface area contributed by atoms with Gasteiger partial charge in [0.05, 0.1) is 6.10 Å². The van der Waals surface area contributed by atoms with E-state index in [0.29, 0.717) is 6.54 Å². The summed E-state index contributed by atoms with van der Waals surface area (Å²) in [5.41, 5.74) is 0.988. The number of nitrogens with one attached hydrogen (secondary N) is 1. The van der Waals surface area contributed by atoms with Crippen molar-refractivity contribution in [3.8, 4) is 0 Å². The Hall–Kier alpha value is -1.53. The third-order valence-electron chi connectivity index (χ3n) is 4.64. The third-order valence-corrected chi connectivity index (χ3v) is 5.78. The number of nitrogens with zero attached hydrogens (tertiary/aromatic N) is 3. The summed E-state index contributed by atoms with van der Waals surface area (Å²) in [4.78, 5) is 11.0. The zero-order valence-corrected chi connectivity index (χ0v) is 15.0. The van der Waals surface area contributed by atoms with Crippen LogP contribution in [0.2, 0.25) is 0 Å². The van der Waals surface area contributed by atoms with Crippen molar-refractivity contribution in [1.29, 1.82) is 0 Å². The van der Waals surface area contributed by atoms with Crippen LogP contribution in [0.5, 0.6) is 0 Å². The Morgan fingerprint density at radius 1 is 1.33 bits per heavy atom. The van der Waals surface area contributed by atoms with E-state index in [2.05, 4.69) is 38.6 Å². The molecule has 0 radical (unpaired) electrons. The van der Waals surface area contributed by atoms with E-state index in [4.69, 9.17) is 0 Å². The molecule has 1 aliphatic carbocycles. The molecule has 130 valence electrons. The summed E-state index contributed by atoms with van der Waals surface area (Å²) in [6, 6.07) is 1.98. The monoisotopic (exact) mass is 346 g/mol. The summed E-state index contributed by atoms with van der Waals surface area (Å²) in [5.74, 6) is 1.74. The molecule has 2 N–H and O–H groups in total. The van der Waals surface area contributed by atoms with Crippen LogP contribution < -0.4 is 10.2 Å². The molecule has 0 aromatic carbocycles. The second-order valence-electron chi connectivity index (χ2n) is 6.26. The molecule has 2 aliphatic rings. The van der Waals surface area contributed by atoms with Gasteiger partial charge in [-0.25, -0.2) is 9.97 Å². The number of allylic oxidation sites excluding steroid dienone is 2. The van der Waals surface area contributed by atoms with E-state index in [1.807, 2.05) is 23.9 Å². The first-order chi connectivity index (χ1) is 11.8. The Kier molecular flexibility index (Phi) is 6.15. The lowest BCUT2D eigenvalue weighted by atomic mass is 10.0. The predicted octanol–water partition coefficient (Wildman–Crippen LogP) is 2.86. The van der Waals surface area contributed by atoms with Crippen molar-refractivity contribution in [3.05, 3.63) is 36.2 Å². The van der Waals surface area contributed by atoms with E-state index >= 15 is 0 Å². The highest BCUT2D eigenvalue weighted by Crippen LogP contribution is 2.25. The summed E-state index contributed by atoms with van der Waals surface area (Å²) in [7, 11) is 0. The minimum atomic E-state index is -0.503. The number of aromatic nitrogens is 2. The van der Waals surface area contributed by atoms with Crippen molar-refractivity contribution in [2.75, 3.05) is 36.1 Å². The predicted molar refractivity (Wildman–Crippen MR) is 102 cm³/mol. The Morgan fingerprint density at radius 3 is 2.88 bits per heavy atom. The highest BCUT2D eigenvalue weighted by Gasteiger charge is 2.19. The number of anilines is 2. The first-order valence-electron chi connectivity index (χ1n) is 8.64. The first-order valence-corrected chi connectivity index (χ1v) is 9.93. The lowest BCUT2D eigenvalue weighted by Crippen LogP contribution is -2.35. The summed E-state index contributed by atoms with van der Waals surface area (Å²) in [6.45, 7) is 2.55. The second-order valence-corrected chi connectivity index (χ2v) is 7.40. The molecule has 1 unspecified atom stereocenters. The van der Waals surface area contributed by atoms with Gasteiger partial charge in [0.15, 0.2) is 0 Å². The van der Waals surface area contributed by atoms with Crippen molar-refractivity contribution >= 4 is 23.4 Å². The lowest BCUT2D eigenvalue weighted by molar-refractivity contribution is 0.227. The fourth-order valence-corrected chi connectivity index (χ4v) is 3.82. The van der Waals surface area contributed by atoms with Gasteiger partial charge in [0.25, 0.3) is 0 Å². The van der Waals surface area contributed by atoms with Crippen LogP contribution in [0.4, 0.5) is 11.6 Å². The average Bonchev–Trinajstić information content (AvgIpc) is 2.67. The number of hydrogen-bond acceptors (Lipinski definition) is 6. The highest BCUT2D eigenvalue weighted by molar-refractivity contribution is 7.99. The van der Waals surface area contributed by atoms with Crippen molar-refractivity contribution in [2.24, 2.45) is 0 Å². The molecule has 0 spiro atoms. The molecule has 1 aromatic rings. The summed E-state index contributed by atoms with van der Waals surface area (Å²) >= 11 is 1.96. The molecule has 24 heavy (non-hydrogen) atoms. The molecule has 6 heteroatoms. The maximum Gasteiger partial charge on any atom is 0.134 e. The number of piperidine rings is 1. The Morgan fingerprint density at radius 2 is 2.17 bits per heavy atom. The molecule has 0 saturated carbocycles. The topological polar surface area (TPSA) is 61.3 Å². The van der Waals surface area contributed by atoms with E-state index in [-0.39, 0.29) is 0 Å². The van der Waals surface area contributed by atoms with Gasteiger partial charge in [0.1, 0.15) is 18.0 Å². The van der Waals surface area contributed by atoms with Crippen molar-refractivity contribution in [2.45, 2.75) is 37.0 Å². The Labute approximate surface area is 148 Å². The molecule has 1 atom stereocenters. The van der Waals surface area contributed by atoms with Gasteiger partial charge in [-0.15, -0.1) is 0 Å². The molecule has 0 bridgehead atoms. The molecule has 0 amide bonds.